The normalized spacial score (nSPS) is 13.4. The molecule has 19 heteroatoms. The van der Waals surface area contributed by atoms with Crippen LogP contribution in [0.3, 0.4) is 0 Å². The van der Waals surface area contributed by atoms with Gasteiger partial charge < -0.3 is 47.0 Å². The summed E-state index contributed by atoms with van der Waals surface area (Å²) in [6.07, 6.45) is -0.402. The highest BCUT2D eigenvalue weighted by Gasteiger charge is 2.31. The van der Waals surface area contributed by atoms with Crippen LogP contribution in [0, 0.1) is 10.1 Å². The Morgan fingerprint density at radius 1 is 0.630 bits per heavy atom. The fourth-order valence-electron chi connectivity index (χ4n) is 5.00. The van der Waals surface area contributed by atoms with Crippen LogP contribution in [-0.2, 0) is 48.0 Å². The van der Waals surface area contributed by atoms with Gasteiger partial charge >= 0.3 is 5.97 Å². The van der Waals surface area contributed by atoms with E-state index in [1.807, 2.05) is 5.43 Å². The van der Waals surface area contributed by atoms with Gasteiger partial charge in [-0.05, 0) is 47.9 Å². The van der Waals surface area contributed by atoms with Gasteiger partial charge in [-0.15, -0.1) is 5.43 Å². The summed E-state index contributed by atoms with van der Waals surface area (Å²) in [7, 11) is 0. The number of aliphatic hydroxyl groups is 1. The third-order valence-corrected chi connectivity index (χ3v) is 7.87. The number of phenols is 2. The number of aliphatic carboxylic acids is 1. The number of nitrogens with zero attached hydrogens (tertiary/aromatic N) is 1. The molecule has 0 heterocycles. The van der Waals surface area contributed by atoms with Crippen molar-refractivity contribution in [2.45, 2.75) is 56.4 Å². The summed E-state index contributed by atoms with van der Waals surface area (Å²) in [6, 6.07) is 12.5. The van der Waals surface area contributed by atoms with Gasteiger partial charge in [-0.3, -0.25) is 24.0 Å². The Balaban J connectivity index is 1.65. The number of hydrazine groups is 1. The molecule has 0 aliphatic heterocycles. The molecule has 5 atom stereocenters. The van der Waals surface area contributed by atoms with Crippen LogP contribution in [0.25, 0.3) is 0 Å². The fraction of sp³-hybridized carbons (Fsp3) is 0.314. The molecule has 10 N–H and O–H groups in total. The smallest absolute Gasteiger partial charge is 0.326 e. The van der Waals surface area contributed by atoms with E-state index in [4.69, 9.17) is 0 Å². The van der Waals surface area contributed by atoms with E-state index in [1.54, 1.807) is 30.3 Å². The van der Waals surface area contributed by atoms with Crippen LogP contribution in [0.1, 0.15) is 23.6 Å². The van der Waals surface area contributed by atoms with Crippen molar-refractivity contribution < 1.29 is 54.2 Å². The van der Waals surface area contributed by atoms with Crippen molar-refractivity contribution in [3.05, 3.63) is 106 Å². The summed E-state index contributed by atoms with van der Waals surface area (Å²) in [5.74, 6) is -6.12. The minimum Gasteiger partial charge on any atom is -0.508 e. The molecule has 3 aromatic rings. The van der Waals surface area contributed by atoms with Gasteiger partial charge in [-0.2, -0.15) is 0 Å². The van der Waals surface area contributed by atoms with E-state index in [1.165, 1.54) is 55.5 Å². The number of rotatable bonds is 20. The number of carboxylic acid groups (broad SMARTS) is 1. The molecule has 0 radical (unpaired) electrons. The van der Waals surface area contributed by atoms with Gasteiger partial charge in [0.15, 0.2) is 11.1 Å². The maximum absolute atomic E-state index is 13.3. The lowest BCUT2D eigenvalue weighted by Crippen LogP contribution is -2.59. The van der Waals surface area contributed by atoms with Crippen LogP contribution in [0.4, 0.5) is 0 Å². The van der Waals surface area contributed by atoms with Gasteiger partial charge in [0.2, 0.25) is 29.5 Å². The number of benzene rings is 3. The topological polar surface area (TPSA) is 299 Å². The Morgan fingerprint density at radius 2 is 1.11 bits per heavy atom. The highest BCUT2D eigenvalue weighted by molar-refractivity contribution is 5.95. The van der Waals surface area contributed by atoms with Crippen molar-refractivity contribution in [1.82, 2.24) is 32.0 Å². The minimum absolute atomic E-state index is 0.0257. The Labute approximate surface area is 308 Å². The molecule has 0 aliphatic carbocycles. The van der Waals surface area contributed by atoms with Crippen molar-refractivity contribution >= 4 is 35.5 Å². The summed E-state index contributed by atoms with van der Waals surface area (Å²) >= 11 is 0. The molecular formula is C35H41N7O12. The third kappa shape index (κ3) is 13.8. The lowest BCUT2D eigenvalue weighted by atomic mass is 10.0. The van der Waals surface area contributed by atoms with Crippen LogP contribution in [-0.4, -0.2) is 104 Å². The first kappa shape index (κ1) is 41.7. The Morgan fingerprint density at radius 3 is 1.63 bits per heavy atom. The molecule has 3 aromatic carbocycles. The standard InChI is InChI=1S/C35H41N7O12/c1-20(37-33(49)27(41-42(53)54)16-23-9-13-25(45)14-10-23)31(47)40-29(19-43)34(50)39-26(15-22-7-11-24(44)12-8-22)32(48)36-18-30(46)38-28(35(51)52)17-21-5-3-2-4-6-21/h2-14,20,26-29,41,43-45H,15-19H2,1H3,(H,36,48)(H,37,49)(H,38,46)(H,39,50)(H,40,47)(H,51,52)/t20-,26-,27-,28-,29-/m0/s1. The average molecular weight is 752 g/mol. The summed E-state index contributed by atoms with van der Waals surface area (Å²) in [4.78, 5) is 88.0. The lowest BCUT2D eigenvalue weighted by Gasteiger charge is -2.24. The zero-order chi connectivity index (χ0) is 39.8. The summed E-state index contributed by atoms with van der Waals surface area (Å²) in [6.45, 7) is -0.404. The van der Waals surface area contributed by atoms with Crippen molar-refractivity contribution in [3.63, 3.8) is 0 Å². The van der Waals surface area contributed by atoms with Crippen LogP contribution < -0.4 is 32.0 Å². The second kappa shape index (κ2) is 20.3. The first-order valence-corrected chi connectivity index (χ1v) is 16.5. The number of hydrogen-bond acceptors (Lipinski definition) is 11. The van der Waals surface area contributed by atoms with Gasteiger partial charge in [-0.25, -0.2) is 14.9 Å². The zero-order valence-corrected chi connectivity index (χ0v) is 28.9. The van der Waals surface area contributed by atoms with Gasteiger partial charge in [0.05, 0.1) is 13.2 Å². The molecule has 0 aromatic heterocycles. The molecule has 0 saturated carbocycles. The molecule has 0 bridgehead atoms. The number of nitro groups is 1. The molecule has 3 rings (SSSR count). The number of aliphatic hydroxyl groups excluding tert-OH is 1. The highest BCUT2D eigenvalue weighted by atomic mass is 16.7. The van der Waals surface area contributed by atoms with E-state index in [9.17, 15) is 59.3 Å². The van der Waals surface area contributed by atoms with Crippen molar-refractivity contribution in [2.24, 2.45) is 0 Å². The monoisotopic (exact) mass is 751 g/mol. The van der Waals surface area contributed by atoms with Crippen LogP contribution in [0.15, 0.2) is 78.9 Å². The van der Waals surface area contributed by atoms with E-state index in [2.05, 4.69) is 26.6 Å². The average Bonchev–Trinajstić information content (AvgIpc) is 3.13. The molecule has 0 fully saturated rings. The van der Waals surface area contributed by atoms with E-state index in [0.717, 1.165) is 0 Å². The van der Waals surface area contributed by atoms with E-state index in [-0.39, 0.29) is 30.8 Å². The number of aromatic hydroxyl groups is 2. The maximum Gasteiger partial charge on any atom is 0.326 e. The number of phenolic OH excluding ortho intramolecular Hbond substituents is 2. The fourth-order valence-corrected chi connectivity index (χ4v) is 5.00. The van der Waals surface area contributed by atoms with Gasteiger partial charge in [0.25, 0.3) is 0 Å². The Hall–Kier alpha value is -6.76. The van der Waals surface area contributed by atoms with Crippen molar-refractivity contribution in [1.29, 1.82) is 0 Å². The summed E-state index contributed by atoms with van der Waals surface area (Å²) in [5, 5.41) is 60.5. The maximum atomic E-state index is 13.3. The highest BCUT2D eigenvalue weighted by Crippen LogP contribution is 2.13. The molecule has 0 saturated heterocycles. The van der Waals surface area contributed by atoms with Gasteiger partial charge in [0.1, 0.15) is 35.7 Å². The Bertz CT molecular complexity index is 1780. The molecule has 0 spiro atoms. The van der Waals surface area contributed by atoms with Crippen molar-refractivity contribution in [3.8, 4) is 11.5 Å². The predicted octanol–water partition coefficient (Wildman–Crippen LogP) is -1.57. The first-order valence-electron chi connectivity index (χ1n) is 16.5. The lowest BCUT2D eigenvalue weighted by molar-refractivity contribution is -0.548. The van der Waals surface area contributed by atoms with E-state index in [0.29, 0.717) is 16.7 Å². The van der Waals surface area contributed by atoms with Crippen LogP contribution in [0.5, 0.6) is 11.5 Å². The largest absolute Gasteiger partial charge is 0.508 e. The molecule has 0 unspecified atom stereocenters. The first-order chi connectivity index (χ1) is 25.6. The quantitative estimate of drug-likeness (QED) is 0.0462. The number of carbonyl (C=O) groups excluding carboxylic acids is 5. The van der Waals surface area contributed by atoms with Gasteiger partial charge in [0, 0.05) is 19.3 Å². The van der Waals surface area contributed by atoms with E-state index >= 15 is 0 Å². The van der Waals surface area contributed by atoms with Gasteiger partial charge in [-0.1, -0.05) is 54.6 Å². The Kier molecular flexibility index (Phi) is 15.7. The molecule has 288 valence electrons. The van der Waals surface area contributed by atoms with Crippen LogP contribution in [0.2, 0.25) is 0 Å². The minimum atomic E-state index is -1.66. The SMILES string of the molecule is C[C@H](NC(=O)[C@H](Cc1ccc(O)cc1)N[N+](=O)[O-])C(=O)N[C@@H](CO)C(=O)N[C@@H](Cc1ccc(O)cc1)C(=O)NCC(=O)N[C@@H](Cc1ccccc1)C(=O)O. The summed E-state index contributed by atoms with van der Waals surface area (Å²) < 4.78 is 0. The number of carboxylic acids is 1. The number of nitrogens with one attached hydrogen (secondary N) is 6. The molecule has 19 nitrogen and oxygen atoms in total. The summed E-state index contributed by atoms with van der Waals surface area (Å²) in [5.41, 5.74) is 3.42. The number of amides is 5. The molecule has 5 amide bonds. The zero-order valence-electron chi connectivity index (χ0n) is 28.9. The van der Waals surface area contributed by atoms with Crippen LogP contribution >= 0.6 is 0 Å². The molecular weight excluding hydrogens is 710 g/mol. The second-order valence-corrected chi connectivity index (χ2v) is 12.1. The predicted molar refractivity (Wildman–Crippen MR) is 189 cm³/mol. The molecule has 54 heavy (non-hydrogen) atoms. The van der Waals surface area contributed by atoms with Crippen molar-refractivity contribution in [2.75, 3.05) is 13.2 Å². The number of hydrogen-bond donors (Lipinski definition) is 10. The molecule has 0 aliphatic rings. The third-order valence-electron chi connectivity index (χ3n) is 7.87. The van der Waals surface area contributed by atoms with E-state index < -0.39 is 83.9 Å². The second-order valence-electron chi connectivity index (χ2n) is 12.1. The number of carbonyl (C=O) groups is 6.